The normalized spacial score (nSPS) is 18.4. The second-order valence-corrected chi connectivity index (χ2v) is 6.64. The molecule has 0 unspecified atom stereocenters. The van der Waals surface area contributed by atoms with Gasteiger partial charge in [0.2, 0.25) is 0 Å². The zero-order valence-corrected chi connectivity index (χ0v) is 13.1. The fraction of sp³-hybridized carbons (Fsp3) is 0.667. The molecule has 116 valence electrons. The van der Waals surface area contributed by atoms with Crippen LogP contribution in [0.1, 0.15) is 56.6 Å². The van der Waals surface area contributed by atoms with E-state index in [9.17, 15) is 4.39 Å². The van der Waals surface area contributed by atoms with E-state index >= 15 is 0 Å². The predicted molar refractivity (Wildman–Crippen MR) is 84.6 cm³/mol. The number of hydrogen-bond donors (Lipinski definition) is 1. The second-order valence-electron chi connectivity index (χ2n) is 6.64. The van der Waals surface area contributed by atoms with Gasteiger partial charge in [0, 0.05) is 30.7 Å². The zero-order valence-electron chi connectivity index (χ0n) is 13.1. The van der Waals surface area contributed by atoms with Crippen molar-refractivity contribution in [1.29, 1.82) is 0 Å². The minimum atomic E-state index is -0.0488. The lowest BCUT2D eigenvalue weighted by molar-refractivity contribution is 0.247. The molecule has 0 atom stereocenters. The molecule has 2 aliphatic rings. The standard InChI is InChI=1S/C18H27FN2/c1-2-3-10-21(17-7-8-17)13-15-11-14(4-9-18(15)19)12-20-16-5-6-16/h4,9,11,16-17,20H,2-3,5-8,10,12-13H2,1H3. The zero-order chi connectivity index (χ0) is 14.7. The number of hydrogen-bond acceptors (Lipinski definition) is 2. The van der Waals surface area contributed by atoms with Gasteiger partial charge in [0.15, 0.2) is 0 Å². The van der Waals surface area contributed by atoms with Gasteiger partial charge in [0.05, 0.1) is 0 Å². The third kappa shape index (κ3) is 4.52. The van der Waals surface area contributed by atoms with E-state index in [0.717, 1.165) is 25.2 Å². The second kappa shape index (κ2) is 6.89. The maximum atomic E-state index is 14.1. The summed E-state index contributed by atoms with van der Waals surface area (Å²) in [5, 5.41) is 3.51. The largest absolute Gasteiger partial charge is 0.310 e. The fourth-order valence-corrected chi connectivity index (χ4v) is 2.82. The van der Waals surface area contributed by atoms with Crippen molar-refractivity contribution in [3.05, 3.63) is 35.1 Å². The Bertz CT molecular complexity index is 466. The van der Waals surface area contributed by atoms with Crippen molar-refractivity contribution in [3.8, 4) is 0 Å². The van der Waals surface area contributed by atoms with Gasteiger partial charge in [-0.3, -0.25) is 4.90 Å². The van der Waals surface area contributed by atoms with Crippen LogP contribution in [0, 0.1) is 5.82 Å². The van der Waals surface area contributed by atoms with Crippen molar-refractivity contribution in [2.24, 2.45) is 0 Å². The lowest BCUT2D eigenvalue weighted by atomic mass is 10.1. The maximum Gasteiger partial charge on any atom is 0.127 e. The van der Waals surface area contributed by atoms with Gasteiger partial charge in [-0.25, -0.2) is 4.39 Å². The molecule has 0 aliphatic heterocycles. The molecule has 1 aromatic rings. The van der Waals surface area contributed by atoms with E-state index in [0.29, 0.717) is 12.1 Å². The highest BCUT2D eigenvalue weighted by molar-refractivity contribution is 5.25. The van der Waals surface area contributed by atoms with Crippen LogP contribution >= 0.6 is 0 Å². The van der Waals surface area contributed by atoms with Crippen LogP contribution in [0.2, 0.25) is 0 Å². The molecule has 0 heterocycles. The number of halogens is 1. The average Bonchev–Trinajstić information content (AvgIpc) is 3.37. The fourth-order valence-electron chi connectivity index (χ4n) is 2.82. The Hall–Kier alpha value is -0.930. The highest BCUT2D eigenvalue weighted by Crippen LogP contribution is 2.29. The van der Waals surface area contributed by atoms with E-state index in [1.165, 1.54) is 44.1 Å². The monoisotopic (exact) mass is 290 g/mol. The molecule has 2 saturated carbocycles. The Morgan fingerprint density at radius 2 is 2.05 bits per heavy atom. The van der Waals surface area contributed by atoms with Crippen molar-refractivity contribution >= 4 is 0 Å². The molecular formula is C18H27FN2. The third-order valence-corrected chi connectivity index (χ3v) is 4.52. The SMILES string of the molecule is CCCCN(Cc1cc(CNC2CC2)ccc1F)C1CC1. The molecule has 1 N–H and O–H groups in total. The lowest BCUT2D eigenvalue weighted by Gasteiger charge is -2.22. The van der Waals surface area contributed by atoms with E-state index < -0.39 is 0 Å². The summed E-state index contributed by atoms with van der Waals surface area (Å²) in [5.41, 5.74) is 2.08. The van der Waals surface area contributed by atoms with Crippen molar-refractivity contribution in [3.63, 3.8) is 0 Å². The van der Waals surface area contributed by atoms with Crippen LogP contribution in [0.3, 0.4) is 0 Å². The summed E-state index contributed by atoms with van der Waals surface area (Å²) in [6.07, 6.45) is 7.57. The highest BCUT2D eigenvalue weighted by atomic mass is 19.1. The molecule has 0 amide bonds. The van der Waals surface area contributed by atoms with Crippen molar-refractivity contribution < 1.29 is 4.39 Å². The van der Waals surface area contributed by atoms with Gasteiger partial charge in [-0.2, -0.15) is 0 Å². The third-order valence-electron chi connectivity index (χ3n) is 4.52. The Labute approximate surface area is 127 Å². The van der Waals surface area contributed by atoms with Crippen LogP contribution < -0.4 is 5.32 Å². The first-order chi connectivity index (χ1) is 10.3. The molecule has 3 heteroatoms. The summed E-state index contributed by atoms with van der Waals surface area (Å²) in [6.45, 7) is 4.96. The summed E-state index contributed by atoms with van der Waals surface area (Å²) in [7, 11) is 0. The molecule has 0 saturated heterocycles. The highest BCUT2D eigenvalue weighted by Gasteiger charge is 2.29. The van der Waals surface area contributed by atoms with Crippen LogP contribution in [0.15, 0.2) is 18.2 Å². The van der Waals surface area contributed by atoms with Crippen molar-refractivity contribution in [2.75, 3.05) is 6.54 Å². The van der Waals surface area contributed by atoms with Crippen LogP contribution in [0.5, 0.6) is 0 Å². The van der Waals surface area contributed by atoms with Crippen molar-refractivity contribution in [2.45, 2.75) is 70.6 Å². The molecule has 2 nitrogen and oxygen atoms in total. The van der Waals surface area contributed by atoms with Crippen LogP contribution in [0.4, 0.5) is 4.39 Å². The maximum absolute atomic E-state index is 14.1. The average molecular weight is 290 g/mol. The van der Waals surface area contributed by atoms with E-state index in [2.05, 4.69) is 23.2 Å². The van der Waals surface area contributed by atoms with E-state index in [1.54, 1.807) is 6.07 Å². The summed E-state index contributed by atoms with van der Waals surface area (Å²) >= 11 is 0. The van der Waals surface area contributed by atoms with Crippen LogP contribution in [-0.2, 0) is 13.1 Å². The van der Waals surface area contributed by atoms with Gasteiger partial charge in [0.1, 0.15) is 5.82 Å². The summed E-state index contributed by atoms with van der Waals surface area (Å²) < 4.78 is 14.1. The number of unbranched alkanes of at least 4 members (excludes halogenated alkanes) is 1. The molecule has 1 aromatic carbocycles. The smallest absolute Gasteiger partial charge is 0.127 e. The van der Waals surface area contributed by atoms with Gasteiger partial charge in [-0.05, 0) is 50.3 Å². The molecule has 0 bridgehead atoms. The van der Waals surface area contributed by atoms with Gasteiger partial charge in [-0.1, -0.05) is 25.5 Å². The van der Waals surface area contributed by atoms with Crippen LogP contribution in [-0.4, -0.2) is 23.5 Å². The summed E-state index contributed by atoms with van der Waals surface area (Å²) in [4.78, 5) is 2.47. The van der Waals surface area contributed by atoms with Gasteiger partial charge in [0.25, 0.3) is 0 Å². The number of nitrogens with one attached hydrogen (secondary N) is 1. The molecular weight excluding hydrogens is 263 g/mol. The molecule has 0 radical (unpaired) electrons. The molecule has 3 rings (SSSR count). The summed E-state index contributed by atoms with van der Waals surface area (Å²) in [5.74, 6) is -0.0488. The van der Waals surface area contributed by atoms with Gasteiger partial charge in [-0.15, -0.1) is 0 Å². The first-order valence-electron chi connectivity index (χ1n) is 8.51. The first kappa shape index (κ1) is 15.0. The molecule has 2 aliphatic carbocycles. The Morgan fingerprint density at radius 1 is 1.24 bits per heavy atom. The Kier molecular flexibility index (Phi) is 4.91. The minimum Gasteiger partial charge on any atom is -0.310 e. The number of benzene rings is 1. The van der Waals surface area contributed by atoms with E-state index in [4.69, 9.17) is 0 Å². The molecule has 2 fully saturated rings. The predicted octanol–water partition coefficient (Wildman–Crippen LogP) is 3.84. The minimum absolute atomic E-state index is 0.0488. The first-order valence-corrected chi connectivity index (χ1v) is 8.51. The number of nitrogens with zero attached hydrogens (tertiary/aromatic N) is 1. The molecule has 21 heavy (non-hydrogen) atoms. The number of rotatable bonds is 9. The van der Waals surface area contributed by atoms with Gasteiger partial charge < -0.3 is 5.32 Å². The quantitative estimate of drug-likeness (QED) is 0.743. The van der Waals surface area contributed by atoms with E-state index in [1.807, 2.05) is 6.07 Å². The van der Waals surface area contributed by atoms with Crippen molar-refractivity contribution in [1.82, 2.24) is 10.2 Å². The molecule has 0 aromatic heterocycles. The summed E-state index contributed by atoms with van der Waals surface area (Å²) in [6, 6.07) is 7.02. The topological polar surface area (TPSA) is 15.3 Å². The van der Waals surface area contributed by atoms with E-state index in [-0.39, 0.29) is 5.82 Å². The van der Waals surface area contributed by atoms with Gasteiger partial charge >= 0.3 is 0 Å². The Balaban J connectivity index is 1.62. The Morgan fingerprint density at radius 3 is 2.71 bits per heavy atom. The van der Waals surface area contributed by atoms with Crippen LogP contribution in [0.25, 0.3) is 0 Å². The molecule has 0 spiro atoms. The lowest BCUT2D eigenvalue weighted by Crippen LogP contribution is -2.27.